The van der Waals surface area contributed by atoms with E-state index in [0.29, 0.717) is 59.5 Å². The monoisotopic (exact) mass is 617 g/mol. The highest BCUT2D eigenvalue weighted by Crippen LogP contribution is 2.36. The van der Waals surface area contributed by atoms with Gasteiger partial charge in [-0.3, -0.25) is 9.59 Å². The van der Waals surface area contributed by atoms with Crippen LogP contribution in [0.4, 0.5) is 5.82 Å². The van der Waals surface area contributed by atoms with Crippen LogP contribution in [-0.4, -0.2) is 71.6 Å². The third-order valence-electron chi connectivity index (χ3n) is 8.13. The van der Waals surface area contributed by atoms with Gasteiger partial charge >= 0.3 is 0 Å². The molecule has 0 radical (unpaired) electrons. The number of Topliss-reactive ketones (excluding diaryl/α,β-unsaturated/α-hetero) is 1. The Morgan fingerprint density at radius 1 is 0.911 bits per heavy atom. The predicted octanol–water partition coefficient (Wildman–Crippen LogP) is 3.90. The van der Waals surface area contributed by atoms with Crippen molar-refractivity contribution in [1.82, 2.24) is 30.3 Å². The first-order valence-electron chi connectivity index (χ1n) is 14.8. The van der Waals surface area contributed by atoms with Crippen LogP contribution in [0.1, 0.15) is 49.8 Å². The second-order valence-electron chi connectivity index (χ2n) is 11.1. The van der Waals surface area contributed by atoms with Gasteiger partial charge in [-0.05, 0) is 50.5 Å². The Balaban J connectivity index is 1.51. The highest BCUT2D eigenvalue weighted by atomic mass is 16.5. The summed E-state index contributed by atoms with van der Waals surface area (Å²) in [4.78, 5) is 35.5. The second kappa shape index (κ2) is 14.2. The topological polar surface area (TPSA) is 143 Å². The maximum absolute atomic E-state index is 12.8. The van der Waals surface area contributed by atoms with Crippen molar-refractivity contribution in [2.24, 2.45) is 5.92 Å². The van der Waals surface area contributed by atoms with E-state index in [1.54, 1.807) is 28.4 Å². The van der Waals surface area contributed by atoms with E-state index in [9.17, 15) is 9.59 Å². The molecule has 5 rings (SSSR count). The molecule has 0 bridgehead atoms. The highest BCUT2D eigenvalue weighted by Gasteiger charge is 2.31. The Bertz CT molecular complexity index is 1600. The lowest BCUT2D eigenvalue weighted by Gasteiger charge is -2.28. The minimum Gasteiger partial charge on any atom is -0.497 e. The minimum atomic E-state index is -0.217. The van der Waals surface area contributed by atoms with Gasteiger partial charge in [0.15, 0.2) is 17.0 Å². The fourth-order valence-corrected chi connectivity index (χ4v) is 5.79. The average molecular weight is 618 g/mol. The van der Waals surface area contributed by atoms with Crippen molar-refractivity contribution in [1.29, 1.82) is 0 Å². The van der Waals surface area contributed by atoms with E-state index in [4.69, 9.17) is 23.9 Å². The fraction of sp³-hybridized carbons (Fsp3) is 0.438. The van der Waals surface area contributed by atoms with Gasteiger partial charge in [0, 0.05) is 42.3 Å². The molecular formula is C32H39N7O6. The van der Waals surface area contributed by atoms with Gasteiger partial charge in [-0.15, -0.1) is 5.10 Å². The SMILES string of the molecule is COc1ccc(CN(Cc2ccc(OC)cc2OC)c2ncnc3c2nnn3C2CCCC(C(=O)NCC(C)=O)C2)c(OC)c1. The Labute approximate surface area is 261 Å². The van der Waals surface area contributed by atoms with Crippen molar-refractivity contribution >= 4 is 28.7 Å². The lowest BCUT2D eigenvalue weighted by Crippen LogP contribution is -2.36. The van der Waals surface area contributed by atoms with Gasteiger partial charge in [0.1, 0.15) is 35.1 Å². The summed E-state index contributed by atoms with van der Waals surface area (Å²) in [6.07, 6.45) is 4.54. The lowest BCUT2D eigenvalue weighted by atomic mass is 9.85. The number of hydrogen-bond donors (Lipinski definition) is 1. The molecule has 238 valence electrons. The number of hydrogen-bond acceptors (Lipinski definition) is 11. The fourth-order valence-electron chi connectivity index (χ4n) is 5.79. The number of methoxy groups -OCH3 is 4. The van der Waals surface area contributed by atoms with E-state index in [-0.39, 0.29) is 30.2 Å². The zero-order valence-electron chi connectivity index (χ0n) is 26.3. The van der Waals surface area contributed by atoms with Crippen molar-refractivity contribution in [2.45, 2.75) is 51.7 Å². The van der Waals surface area contributed by atoms with E-state index < -0.39 is 0 Å². The summed E-state index contributed by atoms with van der Waals surface area (Å²) >= 11 is 0. The van der Waals surface area contributed by atoms with Crippen LogP contribution in [0, 0.1) is 5.92 Å². The normalized spacial score (nSPS) is 16.2. The van der Waals surface area contributed by atoms with Crippen molar-refractivity contribution < 1.29 is 28.5 Å². The van der Waals surface area contributed by atoms with Crippen LogP contribution in [0.5, 0.6) is 23.0 Å². The Hall–Kier alpha value is -4.94. The van der Waals surface area contributed by atoms with Crippen LogP contribution in [0.2, 0.25) is 0 Å². The van der Waals surface area contributed by atoms with Gasteiger partial charge in [0.2, 0.25) is 5.91 Å². The molecule has 2 unspecified atom stereocenters. The quantitative estimate of drug-likeness (QED) is 0.233. The van der Waals surface area contributed by atoms with E-state index >= 15 is 0 Å². The van der Waals surface area contributed by atoms with Crippen molar-refractivity contribution in [3.63, 3.8) is 0 Å². The molecule has 1 N–H and O–H groups in total. The minimum absolute atomic E-state index is 0.0383. The number of carbonyl (C=O) groups is 2. The molecule has 45 heavy (non-hydrogen) atoms. The van der Waals surface area contributed by atoms with E-state index in [1.165, 1.54) is 13.3 Å². The number of fused-ring (bicyclic) bond motifs is 1. The zero-order chi connectivity index (χ0) is 31.9. The van der Waals surface area contributed by atoms with Gasteiger partial charge in [-0.2, -0.15) is 0 Å². The number of nitrogens with one attached hydrogen (secondary N) is 1. The zero-order valence-corrected chi connectivity index (χ0v) is 26.3. The van der Waals surface area contributed by atoms with Gasteiger partial charge < -0.3 is 29.2 Å². The second-order valence-corrected chi connectivity index (χ2v) is 11.1. The molecule has 0 saturated heterocycles. The van der Waals surface area contributed by atoms with Gasteiger partial charge in [-0.1, -0.05) is 11.6 Å². The molecule has 2 atom stereocenters. The van der Waals surface area contributed by atoms with Gasteiger partial charge in [0.25, 0.3) is 0 Å². The third kappa shape index (κ3) is 7.08. The Morgan fingerprint density at radius 3 is 2.13 bits per heavy atom. The first-order chi connectivity index (χ1) is 21.8. The van der Waals surface area contributed by atoms with Crippen LogP contribution >= 0.6 is 0 Å². The molecule has 0 aliphatic heterocycles. The molecule has 2 aromatic carbocycles. The first kappa shape index (κ1) is 31.5. The summed E-state index contributed by atoms with van der Waals surface area (Å²) in [7, 11) is 6.48. The molecule has 13 nitrogen and oxygen atoms in total. The van der Waals surface area contributed by atoms with Crippen LogP contribution in [0.15, 0.2) is 42.7 Å². The number of nitrogens with zero attached hydrogens (tertiary/aromatic N) is 6. The first-order valence-corrected chi connectivity index (χ1v) is 14.8. The van der Waals surface area contributed by atoms with Crippen molar-refractivity contribution in [2.75, 3.05) is 39.9 Å². The smallest absolute Gasteiger partial charge is 0.223 e. The lowest BCUT2D eigenvalue weighted by molar-refractivity contribution is -0.128. The maximum atomic E-state index is 12.8. The van der Waals surface area contributed by atoms with E-state index in [1.807, 2.05) is 41.1 Å². The van der Waals surface area contributed by atoms with E-state index in [2.05, 4.69) is 25.5 Å². The molecule has 1 aliphatic rings. The largest absolute Gasteiger partial charge is 0.497 e. The summed E-state index contributed by atoms with van der Waals surface area (Å²) in [5.74, 6) is 2.91. The number of ether oxygens (including phenoxy) is 4. The number of benzene rings is 2. The van der Waals surface area contributed by atoms with Crippen LogP contribution in [0.3, 0.4) is 0 Å². The van der Waals surface area contributed by atoms with Gasteiger partial charge in [-0.25, -0.2) is 14.6 Å². The molecule has 1 amide bonds. The highest BCUT2D eigenvalue weighted by molar-refractivity contribution is 5.86. The maximum Gasteiger partial charge on any atom is 0.223 e. The Morgan fingerprint density at radius 2 is 1.56 bits per heavy atom. The molecule has 4 aromatic rings. The van der Waals surface area contributed by atoms with Crippen LogP contribution < -0.4 is 29.2 Å². The number of anilines is 1. The molecule has 1 saturated carbocycles. The number of rotatable bonds is 13. The predicted molar refractivity (Wildman–Crippen MR) is 167 cm³/mol. The van der Waals surface area contributed by atoms with Crippen LogP contribution in [0.25, 0.3) is 11.2 Å². The third-order valence-corrected chi connectivity index (χ3v) is 8.13. The van der Waals surface area contributed by atoms with Crippen LogP contribution in [-0.2, 0) is 22.7 Å². The molecular weight excluding hydrogens is 578 g/mol. The molecule has 1 aliphatic carbocycles. The number of carbonyl (C=O) groups excluding carboxylic acids is 2. The van der Waals surface area contributed by atoms with Crippen molar-refractivity contribution in [3.8, 4) is 23.0 Å². The molecule has 0 spiro atoms. The molecule has 2 heterocycles. The molecule has 2 aromatic heterocycles. The average Bonchev–Trinajstić information content (AvgIpc) is 3.51. The summed E-state index contributed by atoms with van der Waals surface area (Å²) in [5, 5.41) is 11.8. The number of ketones is 1. The Kier molecular flexibility index (Phi) is 9.95. The van der Waals surface area contributed by atoms with E-state index in [0.717, 1.165) is 30.4 Å². The summed E-state index contributed by atoms with van der Waals surface area (Å²) < 4.78 is 24.1. The van der Waals surface area contributed by atoms with Crippen molar-refractivity contribution in [3.05, 3.63) is 53.9 Å². The molecule has 13 heteroatoms. The van der Waals surface area contributed by atoms with Gasteiger partial charge in [0.05, 0.1) is 41.0 Å². The standard InChI is InChI=1S/C32H39N7O6/c1-20(40)16-33-32(41)21-7-6-8-24(13-21)39-31-29(36-37-39)30(34-19-35-31)38(17-22-9-11-25(42-2)14-27(22)44-4)18-23-10-12-26(43-3)15-28(23)45-5/h9-12,14-15,19,21,24H,6-8,13,16-18H2,1-5H3,(H,33,41). The number of aromatic nitrogens is 5. The summed E-state index contributed by atoms with van der Waals surface area (Å²) in [5.41, 5.74) is 2.96. The summed E-state index contributed by atoms with van der Waals surface area (Å²) in [6, 6.07) is 11.3. The summed E-state index contributed by atoms with van der Waals surface area (Å²) in [6.45, 7) is 2.34. The number of amides is 1. The molecule has 1 fully saturated rings.